The standard InChI is InChI=1S/C10H9NO3S/c12-7-11-6-8-1-2-10-9(5-8)3-4-15(10,13)14/h1-2,5H,3-4,6H2. The number of sulfone groups is 1. The van der Waals surface area contributed by atoms with E-state index in [2.05, 4.69) is 4.99 Å². The van der Waals surface area contributed by atoms with Crippen molar-refractivity contribution >= 4 is 15.9 Å². The summed E-state index contributed by atoms with van der Waals surface area (Å²) in [7, 11) is -3.05. The largest absolute Gasteiger partial charge is 0.235 e. The fourth-order valence-electron chi connectivity index (χ4n) is 1.71. The van der Waals surface area contributed by atoms with Crippen LogP contribution >= 0.6 is 0 Å². The third kappa shape index (κ3) is 1.84. The summed E-state index contributed by atoms with van der Waals surface area (Å²) >= 11 is 0. The molecule has 1 aliphatic rings. The summed E-state index contributed by atoms with van der Waals surface area (Å²) in [4.78, 5) is 13.8. The molecular formula is C10H9NO3S. The summed E-state index contributed by atoms with van der Waals surface area (Å²) in [5.74, 6) is 0.183. The van der Waals surface area contributed by atoms with E-state index in [-0.39, 0.29) is 12.3 Å². The quantitative estimate of drug-likeness (QED) is 0.551. The van der Waals surface area contributed by atoms with Crippen molar-refractivity contribution in [2.45, 2.75) is 17.9 Å². The van der Waals surface area contributed by atoms with E-state index < -0.39 is 9.84 Å². The third-order valence-corrected chi connectivity index (χ3v) is 4.24. The first-order valence-electron chi connectivity index (χ1n) is 4.52. The van der Waals surface area contributed by atoms with Gasteiger partial charge in [0.05, 0.1) is 17.2 Å². The zero-order valence-corrected chi connectivity index (χ0v) is 8.75. The van der Waals surface area contributed by atoms with Gasteiger partial charge in [-0.3, -0.25) is 0 Å². The summed E-state index contributed by atoms with van der Waals surface area (Å²) in [5.41, 5.74) is 1.67. The molecule has 0 aliphatic carbocycles. The van der Waals surface area contributed by atoms with E-state index in [1.54, 1.807) is 18.2 Å². The van der Waals surface area contributed by atoms with Gasteiger partial charge in [0.25, 0.3) is 0 Å². The topological polar surface area (TPSA) is 63.6 Å². The Bertz CT molecular complexity index is 542. The Balaban J connectivity index is 2.41. The summed E-state index contributed by atoms with van der Waals surface area (Å²) in [5, 5.41) is 0. The number of hydrogen-bond acceptors (Lipinski definition) is 4. The highest BCUT2D eigenvalue weighted by Gasteiger charge is 2.25. The van der Waals surface area contributed by atoms with Crippen molar-refractivity contribution in [2.24, 2.45) is 4.99 Å². The number of nitrogens with zero attached hydrogens (tertiary/aromatic N) is 1. The Labute approximate surface area is 87.6 Å². The minimum atomic E-state index is -3.05. The van der Waals surface area contributed by atoms with Crippen molar-refractivity contribution in [1.29, 1.82) is 0 Å². The van der Waals surface area contributed by atoms with Gasteiger partial charge in [-0.2, -0.15) is 0 Å². The van der Waals surface area contributed by atoms with Crippen molar-refractivity contribution in [3.8, 4) is 0 Å². The van der Waals surface area contributed by atoms with E-state index in [4.69, 9.17) is 0 Å². The maximum Gasteiger partial charge on any atom is 0.235 e. The average Bonchev–Trinajstić information content (AvgIpc) is 2.52. The molecule has 2 rings (SSSR count). The van der Waals surface area contributed by atoms with Gasteiger partial charge >= 0.3 is 0 Å². The Morgan fingerprint density at radius 1 is 1.40 bits per heavy atom. The molecule has 0 spiro atoms. The molecule has 0 aromatic heterocycles. The average molecular weight is 223 g/mol. The zero-order valence-electron chi connectivity index (χ0n) is 7.93. The first-order valence-corrected chi connectivity index (χ1v) is 6.17. The van der Waals surface area contributed by atoms with E-state index in [1.165, 1.54) is 6.08 Å². The van der Waals surface area contributed by atoms with Gasteiger partial charge in [-0.1, -0.05) is 12.1 Å². The molecule has 0 amide bonds. The lowest BCUT2D eigenvalue weighted by molar-refractivity contribution is 0.562. The summed E-state index contributed by atoms with van der Waals surface area (Å²) in [6.07, 6.45) is 2.01. The maximum absolute atomic E-state index is 11.5. The first kappa shape index (κ1) is 10.1. The number of benzene rings is 1. The van der Waals surface area contributed by atoms with Crippen molar-refractivity contribution in [3.63, 3.8) is 0 Å². The SMILES string of the molecule is O=C=NCc1ccc2c(c1)CCS2(=O)=O. The molecule has 0 N–H and O–H groups in total. The smallest absolute Gasteiger partial charge is 0.224 e. The Kier molecular flexibility index (Phi) is 2.42. The fourth-order valence-corrected chi connectivity index (χ4v) is 3.25. The Morgan fingerprint density at radius 3 is 2.93 bits per heavy atom. The van der Waals surface area contributed by atoms with Crippen LogP contribution in [-0.4, -0.2) is 20.3 Å². The van der Waals surface area contributed by atoms with Gasteiger partial charge < -0.3 is 0 Å². The molecule has 1 heterocycles. The normalized spacial score (nSPS) is 16.8. The molecule has 0 bridgehead atoms. The van der Waals surface area contributed by atoms with Crippen LogP contribution < -0.4 is 0 Å². The fraction of sp³-hybridized carbons (Fsp3) is 0.300. The number of isocyanates is 1. The number of aryl methyl sites for hydroxylation is 1. The highest BCUT2D eigenvalue weighted by molar-refractivity contribution is 7.91. The molecule has 15 heavy (non-hydrogen) atoms. The first-order chi connectivity index (χ1) is 7.13. The van der Waals surface area contributed by atoms with Gasteiger partial charge in [0.2, 0.25) is 6.08 Å². The van der Waals surface area contributed by atoms with Crippen LogP contribution in [0.4, 0.5) is 0 Å². The molecular weight excluding hydrogens is 214 g/mol. The van der Waals surface area contributed by atoms with Gasteiger partial charge in [0, 0.05) is 0 Å². The monoisotopic (exact) mass is 223 g/mol. The summed E-state index contributed by atoms with van der Waals surface area (Å²) in [6, 6.07) is 5.07. The maximum atomic E-state index is 11.5. The van der Waals surface area contributed by atoms with E-state index in [1.807, 2.05) is 0 Å². The van der Waals surface area contributed by atoms with Gasteiger partial charge in [-0.25, -0.2) is 18.2 Å². The van der Waals surface area contributed by atoms with Crippen LogP contribution in [0.15, 0.2) is 28.1 Å². The third-order valence-electron chi connectivity index (χ3n) is 2.43. The minimum absolute atomic E-state index is 0.183. The van der Waals surface area contributed by atoms with Gasteiger partial charge in [-0.15, -0.1) is 0 Å². The lowest BCUT2D eigenvalue weighted by atomic mass is 10.1. The highest BCUT2D eigenvalue weighted by Crippen LogP contribution is 2.26. The Morgan fingerprint density at radius 2 is 2.20 bits per heavy atom. The predicted octanol–water partition coefficient (Wildman–Crippen LogP) is 0.852. The molecule has 0 atom stereocenters. The molecule has 1 aromatic rings. The molecule has 0 saturated carbocycles. The number of aliphatic imine (C=N–C) groups is 1. The second kappa shape index (κ2) is 3.61. The van der Waals surface area contributed by atoms with Crippen LogP contribution in [0.5, 0.6) is 0 Å². The molecule has 0 radical (unpaired) electrons. The van der Waals surface area contributed by atoms with Crippen LogP contribution in [0.25, 0.3) is 0 Å². The van der Waals surface area contributed by atoms with Crippen LogP contribution in [0, 0.1) is 0 Å². The van der Waals surface area contributed by atoms with Crippen LogP contribution in [0.3, 0.4) is 0 Å². The number of fused-ring (bicyclic) bond motifs is 1. The van der Waals surface area contributed by atoms with Crippen LogP contribution in [-0.2, 0) is 27.6 Å². The molecule has 0 unspecified atom stereocenters. The van der Waals surface area contributed by atoms with Gasteiger partial charge in [0.1, 0.15) is 0 Å². The van der Waals surface area contributed by atoms with E-state index in [0.717, 1.165) is 11.1 Å². The second-order valence-electron chi connectivity index (χ2n) is 3.42. The Hall–Kier alpha value is -1.45. The molecule has 1 aromatic carbocycles. The van der Waals surface area contributed by atoms with Crippen molar-refractivity contribution < 1.29 is 13.2 Å². The minimum Gasteiger partial charge on any atom is -0.224 e. The van der Waals surface area contributed by atoms with Gasteiger partial charge in [-0.05, 0) is 23.6 Å². The molecule has 0 fully saturated rings. The molecule has 0 saturated heterocycles. The predicted molar refractivity (Wildman–Crippen MR) is 54.0 cm³/mol. The molecule has 1 aliphatic heterocycles. The number of carbonyl (C=O) groups excluding carboxylic acids is 1. The zero-order chi connectivity index (χ0) is 10.9. The van der Waals surface area contributed by atoms with Crippen molar-refractivity contribution in [1.82, 2.24) is 0 Å². The number of hydrogen-bond donors (Lipinski definition) is 0. The summed E-state index contributed by atoms with van der Waals surface area (Å²) < 4.78 is 23.0. The summed E-state index contributed by atoms with van der Waals surface area (Å²) in [6.45, 7) is 0.261. The van der Waals surface area contributed by atoms with E-state index in [0.29, 0.717) is 11.3 Å². The molecule has 4 nitrogen and oxygen atoms in total. The van der Waals surface area contributed by atoms with E-state index in [9.17, 15) is 13.2 Å². The van der Waals surface area contributed by atoms with E-state index >= 15 is 0 Å². The second-order valence-corrected chi connectivity index (χ2v) is 5.50. The lowest BCUT2D eigenvalue weighted by Gasteiger charge is -2.00. The molecule has 5 heteroatoms. The van der Waals surface area contributed by atoms with Crippen LogP contribution in [0.2, 0.25) is 0 Å². The molecule has 78 valence electrons. The van der Waals surface area contributed by atoms with Crippen LogP contribution in [0.1, 0.15) is 11.1 Å². The lowest BCUT2D eigenvalue weighted by Crippen LogP contribution is -1.98. The van der Waals surface area contributed by atoms with Crippen molar-refractivity contribution in [3.05, 3.63) is 29.3 Å². The van der Waals surface area contributed by atoms with Crippen molar-refractivity contribution in [2.75, 3.05) is 5.75 Å². The van der Waals surface area contributed by atoms with Gasteiger partial charge in [0.15, 0.2) is 9.84 Å². The highest BCUT2D eigenvalue weighted by atomic mass is 32.2. The number of rotatable bonds is 2.